The molecule has 0 bridgehead atoms. The number of ether oxygens (including phenoxy) is 3. The van der Waals surface area contributed by atoms with E-state index < -0.39 is 0 Å². The Morgan fingerprint density at radius 2 is 2.03 bits per heavy atom. The summed E-state index contributed by atoms with van der Waals surface area (Å²) in [7, 11) is 1.66. The molecule has 0 aliphatic carbocycles. The quantitative estimate of drug-likeness (QED) is 0.595. The molecule has 2 saturated heterocycles. The second kappa shape index (κ2) is 9.95. The first-order chi connectivity index (χ1) is 14.7. The maximum absolute atomic E-state index is 6.12. The molecule has 1 aromatic heterocycles. The van der Waals surface area contributed by atoms with Crippen molar-refractivity contribution in [1.29, 1.82) is 0 Å². The molecule has 2 fully saturated rings. The van der Waals surface area contributed by atoms with Crippen LogP contribution in [0.3, 0.4) is 0 Å². The van der Waals surface area contributed by atoms with Crippen molar-refractivity contribution in [2.45, 2.75) is 19.3 Å². The molecule has 8 heteroatoms. The minimum absolute atomic E-state index is 0.432. The van der Waals surface area contributed by atoms with Gasteiger partial charge >= 0.3 is 0 Å². The van der Waals surface area contributed by atoms with E-state index in [1.54, 1.807) is 19.4 Å². The highest BCUT2D eigenvalue weighted by Crippen LogP contribution is 2.35. The van der Waals surface area contributed by atoms with E-state index in [1.165, 1.54) is 25.9 Å². The molecule has 1 aromatic carbocycles. The fourth-order valence-corrected chi connectivity index (χ4v) is 3.87. The molecule has 0 atom stereocenters. The molecule has 3 heterocycles. The number of nitrogen functional groups attached to an aromatic ring is 1. The Balaban J connectivity index is 1.49. The van der Waals surface area contributed by atoms with Gasteiger partial charge in [-0.1, -0.05) is 0 Å². The van der Waals surface area contributed by atoms with E-state index in [0.717, 1.165) is 49.9 Å². The summed E-state index contributed by atoms with van der Waals surface area (Å²) in [4.78, 5) is 13.4. The first-order valence-electron chi connectivity index (χ1n) is 10.7. The summed E-state index contributed by atoms with van der Waals surface area (Å²) in [6, 6.07) is 7.63. The smallest absolute Gasteiger partial charge is 0.231 e. The molecule has 2 N–H and O–H groups in total. The van der Waals surface area contributed by atoms with E-state index >= 15 is 0 Å². The molecule has 0 unspecified atom stereocenters. The molecular weight excluding hydrogens is 382 g/mol. The number of likely N-dealkylation sites (tertiary alicyclic amines) is 1. The fraction of sp³-hybridized carbons (Fsp3) is 0.545. The lowest BCUT2D eigenvalue weighted by Gasteiger charge is -2.32. The first kappa shape index (κ1) is 20.7. The van der Waals surface area contributed by atoms with Crippen LogP contribution in [0.4, 0.5) is 17.5 Å². The molecule has 30 heavy (non-hydrogen) atoms. The zero-order valence-corrected chi connectivity index (χ0v) is 17.6. The van der Waals surface area contributed by atoms with Crippen molar-refractivity contribution in [3.8, 4) is 11.5 Å². The summed E-state index contributed by atoms with van der Waals surface area (Å²) in [6.45, 7) is 6.39. The Morgan fingerprint density at radius 1 is 1.20 bits per heavy atom. The number of aromatic nitrogens is 2. The third kappa shape index (κ3) is 5.12. The summed E-state index contributed by atoms with van der Waals surface area (Å²) in [5.41, 5.74) is 6.86. The Labute approximate surface area is 177 Å². The van der Waals surface area contributed by atoms with Crippen LogP contribution in [0.15, 0.2) is 30.5 Å². The lowest BCUT2D eigenvalue weighted by atomic mass is 10.1. The molecule has 8 nitrogen and oxygen atoms in total. The van der Waals surface area contributed by atoms with Crippen LogP contribution in [0.2, 0.25) is 0 Å². The SMILES string of the molecule is COc1ccc(N(CC2COC2)c2nccc(N)n2)cc1OCCCN1CCCC1. The minimum Gasteiger partial charge on any atom is -0.493 e. The Kier molecular flexibility index (Phi) is 6.86. The third-order valence-electron chi connectivity index (χ3n) is 5.59. The second-order valence-electron chi connectivity index (χ2n) is 7.88. The molecular formula is C22H31N5O3. The number of nitrogens with zero attached hydrogens (tertiary/aromatic N) is 4. The topological polar surface area (TPSA) is 86.0 Å². The van der Waals surface area contributed by atoms with Gasteiger partial charge in [-0.25, -0.2) is 4.98 Å². The lowest BCUT2D eigenvalue weighted by molar-refractivity contribution is -0.0268. The molecule has 2 aliphatic rings. The zero-order valence-electron chi connectivity index (χ0n) is 17.6. The van der Waals surface area contributed by atoms with Crippen molar-refractivity contribution in [2.75, 3.05) is 63.7 Å². The van der Waals surface area contributed by atoms with Crippen molar-refractivity contribution < 1.29 is 14.2 Å². The number of rotatable bonds is 10. The third-order valence-corrected chi connectivity index (χ3v) is 5.59. The van der Waals surface area contributed by atoms with Crippen molar-refractivity contribution >= 4 is 17.5 Å². The second-order valence-corrected chi connectivity index (χ2v) is 7.88. The van der Waals surface area contributed by atoms with Crippen LogP contribution in [-0.4, -0.2) is 68.0 Å². The molecule has 0 radical (unpaired) electrons. The van der Waals surface area contributed by atoms with Gasteiger partial charge in [-0.2, -0.15) is 4.98 Å². The van der Waals surface area contributed by atoms with Gasteiger partial charge in [0.1, 0.15) is 5.82 Å². The Hall–Kier alpha value is -2.58. The van der Waals surface area contributed by atoms with E-state index in [-0.39, 0.29) is 0 Å². The molecule has 0 spiro atoms. The molecule has 162 valence electrons. The molecule has 4 rings (SSSR count). The maximum atomic E-state index is 6.12. The van der Waals surface area contributed by atoms with E-state index in [2.05, 4.69) is 19.8 Å². The largest absolute Gasteiger partial charge is 0.493 e. The van der Waals surface area contributed by atoms with Gasteiger partial charge in [0.2, 0.25) is 5.95 Å². The van der Waals surface area contributed by atoms with Gasteiger partial charge in [0, 0.05) is 37.0 Å². The molecule has 0 saturated carbocycles. The average molecular weight is 414 g/mol. The van der Waals surface area contributed by atoms with Crippen LogP contribution in [0.1, 0.15) is 19.3 Å². The number of anilines is 3. The van der Waals surface area contributed by atoms with Crippen molar-refractivity contribution in [1.82, 2.24) is 14.9 Å². The zero-order chi connectivity index (χ0) is 20.8. The number of hydrogen-bond acceptors (Lipinski definition) is 8. The Morgan fingerprint density at radius 3 is 2.73 bits per heavy atom. The summed E-state index contributed by atoms with van der Waals surface area (Å²) < 4.78 is 17.0. The summed E-state index contributed by atoms with van der Waals surface area (Å²) in [6.07, 6.45) is 5.30. The first-order valence-corrected chi connectivity index (χ1v) is 10.7. The number of hydrogen-bond donors (Lipinski definition) is 1. The van der Waals surface area contributed by atoms with Gasteiger partial charge in [-0.05, 0) is 50.6 Å². The molecule has 0 amide bonds. The van der Waals surface area contributed by atoms with Crippen LogP contribution in [-0.2, 0) is 4.74 Å². The van der Waals surface area contributed by atoms with Gasteiger partial charge < -0.3 is 29.7 Å². The molecule has 2 aliphatic heterocycles. The fourth-order valence-electron chi connectivity index (χ4n) is 3.87. The highest BCUT2D eigenvalue weighted by Gasteiger charge is 2.25. The van der Waals surface area contributed by atoms with Gasteiger partial charge in [-0.3, -0.25) is 0 Å². The maximum Gasteiger partial charge on any atom is 0.231 e. The summed E-state index contributed by atoms with van der Waals surface area (Å²) >= 11 is 0. The van der Waals surface area contributed by atoms with Crippen molar-refractivity contribution in [3.63, 3.8) is 0 Å². The van der Waals surface area contributed by atoms with Gasteiger partial charge in [-0.15, -0.1) is 0 Å². The summed E-state index contributed by atoms with van der Waals surface area (Å²) in [5, 5.41) is 0. The highest BCUT2D eigenvalue weighted by atomic mass is 16.5. The van der Waals surface area contributed by atoms with E-state index in [4.69, 9.17) is 19.9 Å². The monoisotopic (exact) mass is 413 g/mol. The predicted molar refractivity (Wildman–Crippen MR) is 117 cm³/mol. The van der Waals surface area contributed by atoms with Crippen LogP contribution in [0.5, 0.6) is 11.5 Å². The minimum atomic E-state index is 0.432. The predicted octanol–water partition coefficient (Wildman–Crippen LogP) is 2.72. The van der Waals surface area contributed by atoms with E-state index in [9.17, 15) is 0 Å². The average Bonchev–Trinajstić information content (AvgIpc) is 3.24. The van der Waals surface area contributed by atoms with Crippen LogP contribution in [0, 0.1) is 5.92 Å². The van der Waals surface area contributed by atoms with Crippen LogP contribution >= 0.6 is 0 Å². The van der Waals surface area contributed by atoms with Crippen molar-refractivity contribution in [3.05, 3.63) is 30.5 Å². The van der Waals surface area contributed by atoms with Gasteiger partial charge in [0.05, 0.1) is 26.9 Å². The highest BCUT2D eigenvalue weighted by molar-refractivity contribution is 5.63. The van der Waals surface area contributed by atoms with Crippen molar-refractivity contribution in [2.24, 2.45) is 5.92 Å². The lowest BCUT2D eigenvalue weighted by Crippen LogP contribution is -2.38. The van der Waals surface area contributed by atoms with Gasteiger partial charge in [0.15, 0.2) is 11.5 Å². The van der Waals surface area contributed by atoms with Crippen LogP contribution in [0.25, 0.3) is 0 Å². The standard InChI is InChI=1S/C22H31N5O3/c1-28-19-6-5-18(13-20(19)30-12-4-11-26-9-2-3-10-26)27(14-17-15-29-16-17)22-24-8-7-21(23)25-22/h5-8,13,17H,2-4,9-12,14-16H2,1H3,(H2,23,24,25). The number of methoxy groups -OCH3 is 1. The summed E-state index contributed by atoms with van der Waals surface area (Å²) in [5.74, 6) is 2.91. The van der Waals surface area contributed by atoms with E-state index in [0.29, 0.717) is 24.3 Å². The Bertz CT molecular complexity index is 824. The number of nitrogens with two attached hydrogens (primary N) is 1. The molecule has 2 aromatic rings. The van der Waals surface area contributed by atoms with Crippen LogP contribution < -0.4 is 20.1 Å². The number of benzene rings is 1. The van der Waals surface area contributed by atoms with Gasteiger partial charge in [0.25, 0.3) is 0 Å². The normalized spacial score (nSPS) is 17.0. The van der Waals surface area contributed by atoms with E-state index in [1.807, 2.05) is 18.2 Å².